The van der Waals surface area contributed by atoms with Crippen LogP contribution < -0.4 is 4.74 Å². The number of morpholine rings is 1. The lowest BCUT2D eigenvalue weighted by atomic mass is 9.61. The van der Waals surface area contributed by atoms with E-state index in [4.69, 9.17) is 9.47 Å². The van der Waals surface area contributed by atoms with Crippen LogP contribution >= 0.6 is 0 Å². The SMILES string of the molecule is CC1(CCCN2CCOCC2)Oc2ccccc2C(=O)C1(CCS(C)(=O)=O)CCS(C)(=O)=O. The van der Waals surface area contributed by atoms with Crippen molar-refractivity contribution < 1.29 is 31.1 Å². The summed E-state index contributed by atoms with van der Waals surface area (Å²) in [4.78, 5) is 16.2. The van der Waals surface area contributed by atoms with Crippen LogP contribution in [0.2, 0.25) is 0 Å². The fraction of sp³-hybridized carbons (Fsp3) is 0.696. The van der Waals surface area contributed by atoms with Crippen molar-refractivity contribution in [3.05, 3.63) is 29.8 Å². The van der Waals surface area contributed by atoms with Gasteiger partial charge in [-0.15, -0.1) is 0 Å². The van der Waals surface area contributed by atoms with Gasteiger partial charge in [-0.1, -0.05) is 12.1 Å². The molecule has 2 aliphatic rings. The molecule has 33 heavy (non-hydrogen) atoms. The molecule has 1 fully saturated rings. The van der Waals surface area contributed by atoms with Crippen LogP contribution in [0.25, 0.3) is 0 Å². The molecule has 1 unspecified atom stereocenters. The predicted molar refractivity (Wildman–Crippen MR) is 127 cm³/mol. The molecule has 1 aromatic carbocycles. The number of nitrogens with zero attached hydrogens (tertiary/aromatic N) is 1. The van der Waals surface area contributed by atoms with Gasteiger partial charge in [-0.3, -0.25) is 9.69 Å². The maximum atomic E-state index is 14.0. The number of carbonyl (C=O) groups excluding carboxylic acids is 1. The van der Waals surface area contributed by atoms with E-state index in [1.165, 1.54) is 0 Å². The molecule has 3 rings (SSSR count). The zero-order valence-electron chi connectivity index (χ0n) is 19.7. The molecule has 1 aromatic rings. The molecule has 1 atom stereocenters. The average Bonchev–Trinajstić information content (AvgIpc) is 2.73. The summed E-state index contributed by atoms with van der Waals surface area (Å²) in [7, 11) is -6.77. The number of benzene rings is 1. The first-order valence-corrected chi connectivity index (χ1v) is 15.5. The highest BCUT2D eigenvalue weighted by Gasteiger charge is 2.58. The summed E-state index contributed by atoms with van der Waals surface area (Å²) in [6, 6.07) is 6.93. The molecule has 0 saturated carbocycles. The van der Waals surface area contributed by atoms with E-state index < -0.39 is 30.7 Å². The largest absolute Gasteiger partial charge is 0.486 e. The standard InChI is InChI=1S/C23H35NO7S2/c1-22(9-6-12-24-13-15-30-16-14-24)23(10-17-32(2,26)27,11-18-33(3,28)29)21(25)19-7-4-5-8-20(19)31-22/h4-5,7-8H,6,9-18H2,1-3H3. The smallest absolute Gasteiger partial charge is 0.176 e. The minimum atomic E-state index is -3.38. The third-order valence-electron chi connectivity index (χ3n) is 6.95. The Morgan fingerprint density at radius 2 is 1.52 bits per heavy atom. The van der Waals surface area contributed by atoms with E-state index >= 15 is 0 Å². The van der Waals surface area contributed by atoms with Crippen LogP contribution in [0, 0.1) is 5.41 Å². The maximum absolute atomic E-state index is 14.0. The van der Waals surface area contributed by atoms with Crippen molar-refractivity contribution in [1.82, 2.24) is 4.90 Å². The Morgan fingerprint density at radius 1 is 0.939 bits per heavy atom. The van der Waals surface area contributed by atoms with E-state index in [9.17, 15) is 21.6 Å². The third kappa shape index (κ3) is 6.35. The number of para-hydroxylation sites is 1. The van der Waals surface area contributed by atoms with Crippen molar-refractivity contribution in [3.8, 4) is 5.75 Å². The third-order valence-corrected chi connectivity index (χ3v) is 8.84. The first kappa shape index (κ1) is 26.1. The van der Waals surface area contributed by atoms with Gasteiger partial charge in [-0.25, -0.2) is 16.8 Å². The fourth-order valence-corrected chi connectivity index (χ4v) is 6.38. The van der Waals surface area contributed by atoms with Gasteiger partial charge in [-0.2, -0.15) is 0 Å². The second-order valence-electron chi connectivity index (χ2n) is 9.56. The first-order valence-electron chi connectivity index (χ1n) is 11.3. The van der Waals surface area contributed by atoms with E-state index in [0.29, 0.717) is 30.9 Å². The number of ether oxygens (including phenoxy) is 2. The van der Waals surface area contributed by atoms with Gasteiger partial charge < -0.3 is 9.47 Å². The summed E-state index contributed by atoms with van der Waals surface area (Å²) in [5.74, 6) is -0.198. The number of sulfone groups is 2. The summed E-state index contributed by atoms with van der Waals surface area (Å²) in [6.45, 7) is 5.69. The van der Waals surface area contributed by atoms with Crippen molar-refractivity contribution in [1.29, 1.82) is 0 Å². The second-order valence-corrected chi connectivity index (χ2v) is 14.1. The van der Waals surface area contributed by atoms with Crippen molar-refractivity contribution >= 4 is 25.5 Å². The first-order chi connectivity index (χ1) is 15.4. The van der Waals surface area contributed by atoms with Gasteiger partial charge in [0.05, 0.1) is 35.7 Å². The summed E-state index contributed by atoms with van der Waals surface area (Å²) in [6.07, 6.45) is 3.53. The molecule has 10 heteroatoms. The van der Waals surface area contributed by atoms with E-state index in [0.717, 1.165) is 38.6 Å². The molecule has 0 N–H and O–H groups in total. The Morgan fingerprint density at radius 3 is 2.09 bits per heavy atom. The van der Waals surface area contributed by atoms with Gasteiger partial charge in [0.1, 0.15) is 31.0 Å². The molecule has 2 aliphatic heterocycles. The minimum absolute atomic E-state index is 0.0164. The van der Waals surface area contributed by atoms with Gasteiger partial charge in [-0.05, 0) is 51.3 Å². The van der Waals surface area contributed by atoms with Crippen LogP contribution in [0.5, 0.6) is 5.75 Å². The number of rotatable bonds is 10. The fourth-order valence-electron chi connectivity index (χ4n) is 4.94. The van der Waals surface area contributed by atoms with Crippen LogP contribution in [0.15, 0.2) is 24.3 Å². The molecule has 0 aliphatic carbocycles. The highest BCUT2D eigenvalue weighted by molar-refractivity contribution is 7.90. The average molecular weight is 502 g/mol. The summed E-state index contributed by atoms with van der Waals surface area (Å²) in [5, 5.41) is 0. The lowest BCUT2D eigenvalue weighted by Crippen LogP contribution is -2.59. The lowest BCUT2D eigenvalue weighted by Gasteiger charge is -2.51. The van der Waals surface area contributed by atoms with E-state index in [2.05, 4.69) is 4.90 Å². The zero-order chi connectivity index (χ0) is 24.3. The number of Topliss-reactive ketones (excluding diaryl/α,β-unsaturated/α-hetero) is 1. The Bertz CT molecular complexity index is 1030. The molecule has 2 heterocycles. The van der Waals surface area contributed by atoms with Crippen LogP contribution in [0.3, 0.4) is 0 Å². The molecule has 0 radical (unpaired) electrons. The number of hydrogen-bond acceptors (Lipinski definition) is 8. The van der Waals surface area contributed by atoms with Crippen molar-refractivity contribution in [2.45, 2.75) is 38.2 Å². The van der Waals surface area contributed by atoms with Crippen molar-refractivity contribution in [2.75, 3.05) is 56.9 Å². The van der Waals surface area contributed by atoms with E-state index in [1.807, 2.05) is 6.92 Å². The molecule has 0 bridgehead atoms. The molecule has 1 saturated heterocycles. The summed E-state index contributed by atoms with van der Waals surface area (Å²) < 4.78 is 60.3. The highest BCUT2D eigenvalue weighted by Crippen LogP contribution is 2.52. The lowest BCUT2D eigenvalue weighted by molar-refractivity contribution is -0.0541. The normalized spacial score (nSPS) is 23.7. The monoisotopic (exact) mass is 501 g/mol. The molecule has 186 valence electrons. The van der Waals surface area contributed by atoms with Crippen LogP contribution in [-0.4, -0.2) is 90.0 Å². The van der Waals surface area contributed by atoms with Gasteiger partial charge in [0.15, 0.2) is 5.78 Å². The Balaban J connectivity index is 1.98. The summed E-state index contributed by atoms with van der Waals surface area (Å²) in [5.41, 5.74) is -1.93. The molecule has 0 aromatic heterocycles. The summed E-state index contributed by atoms with van der Waals surface area (Å²) >= 11 is 0. The number of hydrogen-bond donors (Lipinski definition) is 0. The zero-order valence-corrected chi connectivity index (χ0v) is 21.3. The topological polar surface area (TPSA) is 107 Å². The van der Waals surface area contributed by atoms with Crippen LogP contribution in [-0.2, 0) is 24.4 Å². The van der Waals surface area contributed by atoms with Gasteiger partial charge >= 0.3 is 0 Å². The van der Waals surface area contributed by atoms with Gasteiger partial charge in [0.25, 0.3) is 0 Å². The van der Waals surface area contributed by atoms with Gasteiger partial charge in [0.2, 0.25) is 0 Å². The van der Waals surface area contributed by atoms with Crippen molar-refractivity contribution in [2.24, 2.45) is 5.41 Å². The Hall–Kier alpha value is -1.49. The number of ketones is 1. The quantitative estimate of drug-likeness (QED) is 0.479. The highest BCUT2D eigenvalue weighted by atomic mass is 32.2. The van der Waals surface area contributed by atoms with E-state index in [1.54, 1.807) is 24.3 Å². The second kappa shape index (κ2) is 10.0. The molecule has 8 nitrogen and oxygen atoms in total. The Labute approximate surface area is 197 Å². The predicted octanol–water partition coefficient (Wildman–Crippen LogP) is 1.99. The van der Waals surface area contributed by atoms with E-state index in [-0.39, 0.29) is 30.1 Å². The van der Waals surface area contributed by atoms with Gasteiger partial charge in [0, 0.05) is 25.6 Å². The Kier molecular flexibility index (Phi) is 7.93. The maximum Gasteiger partial charge on any atom is 0.176 e. The number of fused-ring (bicyclic) bond motifs is 1. The number of carbonyl (C=O) groups is 1. The molecule has 0 spiro atoms. The van der Waals surface area contributed by atoms with Crippen LogP contribution in [0.1, 0.15) is 43.0 Å². The van der Waals surface area contributed by atoms with Crippen LogP contribution in [0.4, 0.5) is 0 Å². The molecular formula is C23H35NO7S2. The molecular weight excluding hydrogens is 466 g/mol. The molecule has 0 amide bonds. The van der Waals surface area contributed by atoms with Crippen molar-refractivity contribution in [3.63, 3.8) is 0 Å². The minimum Gasteiger partial charge on any atom is -0.486 e.